The van der Waals surface area contributed by atoms with Crippen LogP contribution >= 0.6 is 58.0 Å². The molecule has 2 aromatic carbocycles. The summed E-state index contributed by atoms with van der Waals surface area (Å²) in [7, 11) is 0. The van der Waals surface area contributed by atoms with Crippen molar-refractivity contribution in [3.8, 4) is 0 Å². The molecule has 0 spiro atoms. The van der Waals surface area contributed by atoms with Gasteiger partial charge in [0.05, 0.1) is 32.3 Å². The first-order chi connectivity index (χ1) is 10.9. The van der Waals surface area contributed by atoms with Gasteiger partial charge in [-0.15, -0.1) is 11.6 Å². The van der Waals surface area contributed by atoms with Crippen molar-refractivity contribution in [3.05, 3.63) is 67.6 Å². The Hall–Kier alpha value is -0.150. The fraction of sp³-hybridized carbons (Fsp3) is 0.294. The highest BCUT2D eigenvalue weighted by molar-refractivity contribution is 6.42. The maximum Gasteiger partial charge on any atom is 0.0847 e. The van der Waals surface area contributed by atoms with E-state index in [1.807, 2.05) is 24.3 Å². The lowest BCUT2D eigenvalue weighted by Gasteiger charge is -2.33. The number of rotatable bonds is 2. The van der Waals surface area contributed by atoms with Gasteiger partial charge in [0.15, 0.2) is 0 Å². The molecule has 2 aromatic rings. The zero-order valence-electron chi connectivity index (χ0n) is 11.9. The molecule has 3 rings (SSSR count). The highest BCUT2D eigenvalue weighted by Gasteiger charge is 2.30. The molecule has 1 fully saturated rings. The second-order valence-corrected chi connectivity index (χ2v) is 7.78. The van der Waals surface area contributed by atoms with Gasteiger partial charge in [0.1, 0.15) is 0 Å². The minimum Gasteiger partial charge on any atom is -0.365 e. The fourth-order valence-corrected chi connectivity index (χ4v) is 3.66. The van der Waals surface area contributed by atoms with Crippen LogP contribution in [0.15, 0.2) is 36.4 Å². The molecule has 1 unspecified atom stereocenters. The molecule has 1 aliphatic rings. The third kappa shape index (κ3) is 4.10. The van der Waals surface area contributed by atoms with Crippen LogP contribution in [0.25, 0.3) is 0 Å². The molecule has 23 heavy (non-hydrogen) atoms. The Morgan fingerprint density at radius 3 is 1.52 bits per heavy atom. The minimum absolute atomic E-state index is 0.00246. The summed E-state index contributed by atoms with van der Waals surface area (Å²) in [5.74, 6) is 0. The van der Waals surface area contributed by atoms with E-state index in [0.717, 1.165) is 24.0 Å². The SMILES string of the molecule is Clc1ccc([C@@H]2CC(Cl)C[C@H](c3ccc(Cl)c(Cl)c3)O2)cc1Cl. The summed E-state index contributed by atoms with van der Waals surface area (Å²) < 4.78 is 6.23. The second kappa shape index (κ2) is 7.39. The van der Waals surface area contributed by atoms with Crippen molar-refractivity contribution in [3.63, 3.8) is 0 Å². The van der Waals surface area contributed by atoms with Crippen molar-refractivity contribution >= 4 is 58.0 Å². The van der Waals surface area contributed by atoms with Crippen molar-refractivity contribution in [1.82, 2.24) is 0 Å². The van der Waals surface area contributed by atoms with Crippen LogP contribution in [0.4, 0.5) is 0 Å². The Labute approximate surface area is 160 Å². The van der Waals surface area contributed by atoms with Crippen LogP contribution in [0.1, 0.15) is 36.2 Å². The molecular formula is C17H13Cl5O. The van der Waals surface area contributed by atoms with Gasteiger partial charge in [-0.25, -0.2) is 0 Å². The van der Waals surface area contributed by atoms with E-state index in [9.17, 15) is 0 Å². The Balaban J connectivity index is 1.86. The first kappa shape index (κ1) is 17.7. The monoisotopic (exact) mass is 408 g/mol. The number of halogens is 5. The average Bonchev–Trinajstić information content (AvgIpc) is 2.52. The number of ether oxygens (including phenoxy) is 1. The van der Waals surface area contributed by atoms with E-state index in [4.69, 9.17) is 62.7 Å². The normalized spacial score (nSPS) is 24.7. The molecule has 1 saturated heterocycles. The molecular weight excluding hydrogens is 397 g/mol. The number of alkyl halides is 1. The van der Waals surface area contributed by atoms with Gasteiger partial charge in [-0.2, -0.15) is 0 Å². The highest BCUT2D eigenvalue weighted by atomic mass is 35.5. The Morgan fingerprint density at radius 1 is 0.696 bits per heavy atom. The molecule has 0 aliphatic carbocycles. The summed E-state index contributed by atoms with van der Waals surface area (Å²) in [6.45, 7) is 0. The van der Waals surface area contributed by atoms with Crippen molar-refractivity contribution in [2.24, 2.45) is 0 Å². The van der Waals surface area contributed by atoms with E-state index in [2.05, 4.69) is 0 Å². The summed E-state index contributed by atoms with van der Waals surface area (Å²) in [5, 5.41) is 2.07. The van der Waals surface area contributed by atoms with E-state index in [1.165, 1.54) is 0 Å². The Bertz CT molecular complexity index is 659. The molecule has 122 valence electrons. The number of hydrogen-bond donors (Lipinski definition) is 0. The first-order valence-electron chi connectivity index (χ1n) is 7.13. The summed E-state index contributed by atoms with van der Waals surface area (Å²) in [6.07, 6.45) is 1.16. The Morgan fingerprint density at radius 2 is 1.13 bits per heavy atom. The van der Waals surface area contributed by atoms with Crippen molar-refractivity contribution < 1.29 is 4.74 Å². The lowest BCUT2D eigenvalue weighted by atomic mass is 9.94. The predicted octanol–water partition coefficient (Wildman–Crippen LogP) is 7.50. The van der Waals surface area contributed by atoms with Gasteiger partial charge in [-0.1, -0.05) is 58.5 Å². The van der Waals surface area contributed by atoms with Crippen molar-refractivity contribution in [2.45, 2.75) is 30.4 Å². The summed E-state index contributed by atoms with van der Waals surface area (Å²) in [6, 6.07) is 11.0. The van der Waals surface area contributed by atoms with Crippen molar-refractivity contribution in [2.75, 3.05) is 0 Å². The maximum absolute atomic E-state index is 6.45. The smallest absolute Gasteiger partial charge is 0.0847 e. The molecule has 0 bridgehead atoms. The van der Waals surface area contributed by atoms with Gasteiger partial charge in [0.25, 0.3) is 0 Å². The number of benzene rings is 2. The van der Waals surface area contributed by atoms with E-state index in [0.29, 0.717) is 20.1 Å². The standard InChI is InChI=1S/C17H13Cl5O/c18-11-7-16(9-1-3-12(19)14(21)5-9)23-17(8-11)10-2-4-13(20)15(22)6-10/h1-6,11,16-17H,7-8H2/t11?,16-,17+. The van der Waals surface area contributed by atoms with Gasteiger partial charge in [-0.3, -0.25) is 0 Å². The van der Waals surface area contributed by atoms with E-state index < -0.39 is 0 Å². The molecule has 6 heteroatoms. The molecule has 1 aliphatic heterocycles. The summed E-state index contributed by atoms with van der Waals surface area (Å²) in [4.78, 5) is 0. The highest BCUT2D eigenvalue weighted by Crippen LogP contribution is 2.42. The van der Waals surface area contributed by atoms with Gasteiger partial charge in [0.2, 0.25) is 0 Å². The Kier molecular flexibility index (Phi) is 5.68. The molecule has 0 radical (unpaired) electrons. The third-order valence-corrected chi connectivity index (χ3v) is 5.73. The minimum atomic E-state index is -0.138. The lowest BCUT2D eigenvalue weighted by molar-refractivity contribution is -0.0516. The third-order valence-electron chi connectivity index (χ3n) is 3.90. The quantitative estimate of drug-likeness (QED) is 0.466. The topological polar surface area (TPSA) is 9.23 Å². The van der Waals surface area contributed by atoms with Crippen LogP contribution in [0.2, 0.25) is 20.1 Å². The van der Waals surface area contributed by atoms with E-state index in [-0.39, 0.29) is 17.6 Å². The summed E-state index contributed by atoms with van der Waals surface area (Å²) >= 11 is 30.6. The van der Waals surface area contributed by atoms with Crippen LogP contribution in [-0.4, -0.2) is 5.38 Å². The largest absolute Gasteiger partial charge is 0.365 e. The van der Waals surface area contributed by atoms with Crippen LogP contribution < -0.4 is 0 Å². The average molecular weight is 411 g/mol. The molecule has 1 nitrogen and oxygen atoms in total. The molecule has 0 saturated carbocycles. The summed E-state index contributed by atoms with van der Waals surface area (Å²) in [5.41, 5.74) is 1.93. The van der Waals surface area contributed by atoms with Crippen LogP contribution in [0.5, 0.6) is 0 Å². The van der Waals surface area contributed by atoms with Crippen LogP contribution in [0.3, 0.4) is 0 Å². The van der Waals surface area contributed by atoms with Gasteiger partial charge in [0, 0.05) is 5.38 Å². The second-order valence-electron chi connectivity index (χ2n) is 5.53. The zero-order valence-corrected chi connectivity index (χ0v) is 15.7. The predicted molar refractivity (Wildman–Crippen MR) is 98.4 cm³/mol. The lowest BCUT2D eigenvalue weighted by Crippen LogP contribution is -2.23. The molecule has 0 aromatic heterocycles. The fourth-order valence-electron chi connectivity index (χ4n) is 2.72. The van der Waals surface area contributed by atoms with Gasteiger partial charge >= 0.3 is 0 Å². The van der Waals surface area contributed by atoms with Crippen molar-refractivity contribution in [1.29, 1.82) is 0 Å². The van der Waals surface area contributed by atoms with E-state index in [1.54, 1.807) is 12.1 Å². The molecule has 0 amide bonds. The molecule has 3 atom stereocenters. The maximum atomic E-state index is 6.45. The number of hydrogen-bond acceptors (Lipinski definition) is 1. The van der Waals surface area contributed by atoms with E-state index >= 15 is 0 Å². The van der Waals surface area contributed by atoms with Crippen LogP contribution in [-0.2, 0) is 4.74 Å². The van der Waals surface area contributed by atoms with Crippen LogP contribution in [0, 0.1) is 0 Å². The zero-order chi connectivity index (χ0) is 16.6. The first-order valence-corrected chi connectivity index (χ1v) is 9.08. The molecule has 1 heterocycles. The van der Waals surface area contributed by atoms with Gasteiger partial charge < -0.3 is 4.74 Å². The molecule has 0 N–H and O–H groups in total. The van der Waals surface area contributed by atoms with Gasteiger partial charge in [-0.05, 0) is 48.2 Å².